The topological polar surface area (TPSA) is 42.4 Å². The van der Waals surface area contributed by atoms with E-state index in [0.717, 1.165) is 4.47 Å². The predicted molar refractivity (Wildman–Crippen MR) is 73.6 cm³/mol. The monoisotopic (exact) mass is 325 g/mol. The number of hydrogen-bond donors (Lipinski definition) is 1. The van der Waals surface area contributed by atoms with Crippen molar-refractivity contribution in [1.82, 2.24) is 4.98 Å². The van der Waals surface area contributed by atoms with Gasteiger partial charge in [0.25, 0.3) is 0 Å². The highest BCUT2D eigenvalue weighted by Crippen LogP contribution is 2.25. The Morgan fingerprint density at radius 1 is 1.42 bits per heavy atom. The molecule has 1 unspecified atom stereocenters. The summed E-state index contributed by atoms with van der Waals surface area (Å²) in [5.41, 5.74) is 1.04. The molecule has 1 aromatic heterocycles. The highest BCUT2D eigenvalue weighted by atomic mass is 79.9. The number of aromatic nitrogens is 1. The number of aliphatic hydroxyl groups excluding tert-OH is 1. The van der Waals surface area contributed by atoms with E-state index in [1.165, 1.54) is 7.11 Å². The van der Waals surface area contributed by atoms with Gasteiger partial charge in [-0.25, -0.2) is 4.39 Å². The standard InChI is InChI=1S/C14H13BrFNO2/c1-19-13-4-2-3-9(14(13)16)6-12(18)10-5-11(15)8-17-7-10/h2-5,7-8,12,18H,6H2,1H3. The fourth-order valence-corrected chi connectivity index (χ4v) is 2.19. The average Bonchev–Trinajstić information content (AvgIpc) is 2.41. The number of nitrogens with zero attached hydrogens (tertiary/aromatic N) is 1. The van der Waals surface area contributed by atoms with Crippen LogP contribution in [0.4, 0.5) is 4.39 Å². The Balaban J connectivity index is 2.21. The van der Waals surface area contributed by atoms with Crippen molar-refractivity contribution in [3.8, 4) is 5.75 Å². The minimum absolute atomic E-state index is 0.168. The zero-order valence-corrected chi connectivity index (χ0v) is 11.9. The quantitative estimate of drug-likeness (QED) is 0.938. The van der Waals surface area contributed by atoms with E-state index < -0.39 is 11.9 Å². The summed E-state index contributed by atoms with van der Waals surface area (Å²) >= 11 is 3.29. The maximum atomic E-state index is 14.0. The summed E-state index contributed by atoms with van der Waals surface area (Å²) in [6, 6.07) is 6.64. The Kier molecular flexibility index (Phi) is 4.50. The fourth-order valence-electron chi connectivity index (χ4n) is 1.81. The first-order chi connectivity index (χ1) is 9.11. The summed E-state index contributed by atoms with van der Waals surface area (Å²) in [4.78, 5) is 3.98. The average molecular weight is 326 g/mol. The third-order valence-electron chi connectivity index (χ3n) is 2.79. The number of hydrogen-bond acceptors (Lipinski definition) is 3. The van der Waals surface area contributed by atoms with Crippen LogP contribution in [0.15, 0.2) is 41.1 Å². The zero-order chi connectivity index (χ0) is 13.8. The molecule has 2 rings (SSSR count). The second-order valence-electron chi connectivity index (χ2n) is 4.09. The first-order valence-corrected chi connectivity index (χ1v) is 6.51. The van der Waals surface area contributed by atoms with Crippen LogP contribution in [0, 0.1) is 5.82 Å². The number of methoxy groups -OCH3 is 1. The van der Waals surface area contributed by atoms with Crippen LogP contribution in [0.25, 0.3) is 0 Å². The van der Waals surface area contributed by atoms with Crippen molar-refractivity contribution in [2.45, 2.75) is 12.5 Å². The molecule has 19 heavy (non-hydrogen) atoms. The second-order valence-corrected chi connectivity index (χ2v) is 5.01. The number of benzene rings is 1. The molecule has 0 aliphatic carbocycles. The van der Waals surface area contributed by atoms with E-state index in [4.69, 9.17) is 4.74 Å². The van der Waals surface area contributed by atoms with Gasteiger partial charge in [-0.1, -0.05) is 12.1 Å². The molecule has 3 nitrogen and oxygen atoms in total. The van der Waals surface area contributed by atoms with Crippen LogP contribution < -0.4 is 4.74 Å². The Labute approximate surface area is 119 Å². The van der Waals surface area contributed by atoms with E-state index in [1.807, 2.05) is 0 Å². The van der Waals surface area contributed by atoms with Gasteiger partial charge >= 0.3 is 0 Å². The van der Waals surface area contributed by atoms with Gasteiger partial charge in [0, 0.05) is 28.9 Å². The lowest BCUT2D eigenvalue weighted by Crippen LogP contribution is -2.05. The summed E-state index contributed by atoms with van der Waals surface area (Å²) in [5, 5.41) is 10.1. The van der Waals surface area contributed by atoms with Crippen LogP contribution in [0.2, 0.25) is 0 Å². The van der Waals surface area contributed by atoms with Crippen LogP contribution in [0.1, 0.15) is 17.2 Å². The normalized spacial score (nSPS) is 12.2. The molecule has 100 valence electrons. The predicted octanol–water partition coefficient (Wildman–Crippen LogP) is 3.27. The Morgan fingerprint density at radius 3 is 2.89 bits per heavy atom. The van der Waals surface area contributed by atoms with Gasteiger partial charge in [0.05, 0.1) is 13.2 Å². The van der Waals surface area contributed by atoms with E-state index in [1.54, 1.807) is 36.7 Å². The highest BCUT2D eigenvalue weighted by Gasteiger charge is 2.14. The largest absolute Gasteiger partial charge is 0.494 e. The summed E-state index contributed by atoms with van der Waals surface area (Å²) in [7, 11) is 1.41. The lowest BCUT2D eigenvalue weighted by Gasteiger charge is -2.13. The van der Waals surface area contributed by atoms with Crippen LogP contribution >= 0.6 is 15.9 Å². The Bertz CT molecular complexity index is 577. The Hall–Kier alpha value is -1.46. The number of pyridine rings is 1. The molecule has 1 aromatic carbocycles. The van der Waals surface area contributed by atoms with Crippen molar-refractivity contribution in [2.24, 2.45) is 0 Å². The van der Waals surface area contributed by atoms with Crippen LogP contribution in [-0.2, 0) is 6.42 Å². The van der Waals surface area contributed by atoms with Gasteiger partial charge in [0.15, 0.2) is 11.6 Å². The first-order valence-electron chi connectivity index (χ1n) is 5.71. The van der Waals surface area contributed by atoms with Gasteiger partial charge in [-0.15, -0.1) is 0 Å². The third kappa shape index (κ3) is 3.30. The van der Waals surface area contributed by atoms with Crippen molar-refractivity contribution < 1.29 is 14.2 Å². The van der Waals surface area contributed by atoms with Gasteiger partial charge in [0.1, 0.15) is 0 Å². The molecule has 0 aliphatic rings. The maximum Gasteiger partial charge on any atom is 0.168 e. The number of ether oxygens (including phenoxy) is 1. The summed E-state index contributed by atoms with van der Waals surface area (Å²) in [6.45, 7) is 0. The summed E-state index contributed by atoms with van der Waals surface area (Å²) in [6.07, 6.45) is 2.54. The molecule has 0 fully saturated rings. The van der Waals surface area contributed by atoms with Crippen LogP contribution in [0.5, 0.6) is 5.75 Å². The fraction of sp³-hybridized carbons (Fsp3) is 0.214. The van der Waals surface area contributed by atoms with Crippen molar-refractivity contribution >= 4 is 15.9 Å². The number of rotatable bonds is 4. The number of aliphatic hydroxyl groups is 1. The lowest BCUT2D eigenvalue weighted by molar-refractivity contribution is 0.176. The van der Waals surface area contributed by atoms with E-state index in [-0.39, 0.29) is 12.2 Å². The summed E-state index contributed by atoms with van der Waals surface area (Å²) in [5.74, 6) is -0.260. The van der Waals surface area contributed by atoms with E-state index >= 15 is 0 Å². The van der Waals surface area contributed by atoms with Crippen molar-refractivity contribution in [2.75, 3.05) is 7.11 Å². The first kappa shape index (κ1) is 14.0. The molecule has 0 saturated carbocycles. The van der Waals surface area contributed by atoms with E-state index in [2.05, 4.69) is 20.9 Å². The van der Waals surface area contributed by atoms with Gasteiger partial charge in [0.2, 0.25) is 0 Å². The van der Waals surface area contributed by atoms with E-state index in [0.29, 0.717) is 11.1 Å². The lowest BCUT2D eigenvalue weighted by atomic mass is 10.0. The molecule has 0 amide bonds. The minimum atomic E-state index is -0.813. The molecule has 2 aromatic rings. The molecule has 0 aliphatic heterocycles. The van der Waals surface area contributed by atoms with Crippen molar-refractivity contribution in [1.29, 1.82) is 0 Å². The smallest absolute Gasteiger partial charge is 0.168 e. The molecule has 1 atom stereocenters. The SMILES string of the molecule is COc1cccc(CC(O)c2cncc(Br)c2)c1F. The maximum absolute atomic E-state index is 14.0. The Morgan fingerprint density at radius 2 is 2.21 bits per heavy atom. The summed E-state index contributed by atoms with van der Waals surface area (Å²) < 4.78 is 19.7. The number of halogens is 2. The van der Waals surface area contributed by atoms with E-state index in [9.17, 15) is 9.50 Å². The zero-order valence-electron chi connectivity index (χ0n) is 10.3. The van der Waals surface area contributed by atoms with Crippen LogP contribution in [-0.4, -0.2) is 17.2 Å². The molecule has 1 N–H and O–H groups in total. The van der Waals surface area contributed by atoms with Gasteiger partial charge in [-0.2, -0.15) is 0 Å². The van der Waals surface area contributed by atoms with Crippen LogP contribution in [0.3, 0.4) is 0 Å². The molecule has 0 radical (unpaired) electrons. The molecule has 5 heteroatoms. The molecular formula is C14H13BrFNO2. The molecule has 0 saturated heterocycles. The second kappa shape index (κ2) is 6.12. The van der Waals surface area contributed by atoms with Crippen molar-refractivity contribution in [3.63, 3.8) is 0 Å². The molecular weight excluding hydrogens is 313 g/mol. The highest BCUT2D eigenvalue weighted by molar-refractivity contribution is 9.10. The van der Waals surface area contributed by atoms with Crippen molar-refractivity contribution in [3.05, 3.63) is 58.1 Å². The van der Waals surface area contributed by atoms with Gasteiger partial charge in [-0.3, -0.25) is 4.98 Å². The molecule has 0 spiro atoms. The third-order valence-corrected chi connectivity index (χ3v) is 3.22. The van der Waals surface area contributed by atoms with Gasteiger partial charge in [-0.05, 0) is 33.6 Å². The minimum Gasteiger partial charge on any atom is -0.494 e. The van der Waals surface area contributed by atoms with Gasteiger partial charge < -0.3 is 9.84 Å². The molecule has 0 bridgehead atoms. The molecule has 1 heterocycles.